The molecule has 0 atom stereocenters. The van der Waals surface area contributed by atoms with Gasteiger partial charge in [0.25, 0.3) is 0 Å². The number of hydrogen-bond donors (Lipinski definition) is 1. The van der Waals surface area contributed by atoms with Crippen LogP contribution in [0.1, 0.15) is 30.4 Å². The van der Waals surface area contributed by atoms with E-state index < -0.39 is 10.0 Å². The van der Waals surface area contributed by atoms with Crippen LogP contribution in [0.4, 0.5) is 0 Å². The molecular formula is C22H26Cl2N2O3S. The minimum atomic E-state index is -3.40. The van der Waals surface area contributed by atoms with Crippen LogP contribution in [0.5, 0.6) is 0 Å². The summed E-state index contributed by atoms with van der Waals surface area (Å²) in [6.45, 7) is 1.36. The zero-order valence-electron chi connectivity index (χ0n) is 16.7. The summed E-state index contributed by atoms with van der Waals surface area (Å²) >= 11 is 11.7. The third-order valence-electron chi connectivity index (χ3n) is 5.34. The molecule has 2 aromatic rings. The Morgan fingerprint density at radius 1 is 0.933 bits per heavy atom. The molecule has 0 bridgehead atoms. The summed E-state index contributed by atoms with van der Waals surface area (Å²) in [6.07, 6.45) is 2.81. The molecule has 0 spiro atoms. The molecule has 1 aliphatic rings. The van der Waals surface area contributed by atoms with Crippen molar-refractivity contribution in [1.82, 2.24) is 9.62 Å². The van der Waals surface area contributed by atoms with Crippen LogP contribution in [0.3, 0.4) is 0 Å². The van der Waals surface area contributed by atoms with Crippen molar-refractivity contribution in [1.29, 1.82) is 0 Å². The number of halogens is 2. The van der Waals surface area contributed by atoms with Gasteiger partial charge in [-0.1, -0.05) is 47.5 Å². The molecule has 1 saturated heterocycles. The van der Waals surface area contributed by atoms with Gasteiger partial charge in [-0.3, -0.25) is 4.79 Å². The molecule has 162 valence electrons. The number of benzene rings is 2. The molecule has 0 aliphatic carbocycles. The zero-order chi connectivity index (χ0) is 21.6. The summed E-state index contributed by atoms with van der Waals surface area (Å²) in [5.74, 6) is -0.172. The highest BCUT2D eigenvalue weighted by Crippen LogP contribution is 2.22. The molecule has 0 unspecified atom stereocenters. The van der Waals surface area contributed by atoms with Gasteiger partial charge in [-0.05, 0) is 61.1 Å². The minimum Gasteiger partial charge on any atom is -0.356 e. The van der Waals surface area contributed by atoms with Crippen LogP contribution in [0.25, 0.3) is 0 Å². The highest BCUT2D eigenvalue weighted by molar-refractivity contribution is 7.88. The van der Waals surface area contributed by atoms with Crippen molar-refractivity contribution in [3.05, 3.63) is 69.7 Å². The van der Waals surface area contributed by atoms with Gasteiger partial charge in [0.05, 0.1) is 5.75 Å². The maximum absolute atomic E-state index is 12.7. The number of nitrogens with one attached hydrogen (secondary N) is 1. The molecule has 1 heterocycles. The Hall–Kier alpha value is -1.60. The second kappa shape index (κ2) is 10.6. The number of amides is 1. The van der Waals surface area contributed by atoms with Gasteiger partial charge in [-0.25, -0.2) is 12.7 Å². The number of hydrogen-bond acceptors (Lipinski definition) is 3. The highest BCUT2D eigenvalue weighted by Gasteiger charge is 2.31. The van der Waals surface area contributed by atoms with Crippen molar-refractivity contribution < 1.29 is 13.2 Å². The second-order valence-corrected chi connectivity index (χ2v) is 10.4. The first-order valence-corrected chi connectivity index (χ1v) is 12.4. The third-order valence-corrected chi connectivity index (χ3v) is 7.69. The highest BCUT2D eigenvalue weighted by atomic mass is 35.5. The number of rotatable bonds is 8. The van der Waals surface area contributed by atoms with E-state index in [1.807, 2.05) is 24.3 Å². The van der Waals surface area contributed by atoms with Crippen molar-refractivity contribution in [2.45, 2.75) is 31.4 Å². The molecule has 1 aliphatic heterocycles. The topological polar surface area (TPSA) is 66.5 Å². The summed E-state index contributed by atoms with van der Waals surface area (Å²) in [4.78, 5) is 12.4. The maximum Gasteiger partial charge on any atom is 0.223 e. The van der Waals surface area contributed by atoms with E-state index >= 15 is 0 Å². The lowest BCUT2D eigenvalue weighted by atomic mass is 9.97. The molecule has 1 fully saturated rings. The molecule has 2 aromatic carbocycles. The first-order valence-electron chi connectivity index (χ1n) is 10.1. The fourth-order valence-electron chi connectivity index (χ4n) is 3.58. The van der Waals surface area contributed by atoms with Gasteiger partial charge < -0.3 is 5.32 Å². The predicted octanol–water partition coefficient (Wildman–Crippen LogP) is 4.28. The van der Waals surface area contributed by atoms with Gasteiger partial charge in [0.15, 0.2) is 0 Å². The average molecular weight is 469 g/mol. The number of sulfonamides is 1. The normalized spacial score (nSPS) is 15.8. The minimum absolute atomic E-state index is 0.0147. The summed E-state index contributed by atoms with van der Waals surface area (Å²) in [6, 6.07) is 14.5. The molecule has 8 heteroatoms. The fourth-order valence-corrected chi connectivity index (χ4v) is 5.39. The van der Waals surface area contributed by atoms with Crippen LogP contribution >= 0.6 is 23.2 Å². The molecule has 0 aromatic heterocycles. The largest absolute Gasteiger partial charge is 0.356 e. The Morgan fingerprint density at radius 2 is 1.47 bits per heavy atom. The van der Waals surface area contributed by atoms with Crippen LogP contribution in [0.2, 0.25) is 10.0 Å². The third kappa shape index (κ3) is 6.71. The lowest BCUT2D eigenvalue weighted by molar-refractivity contribution is -0.126. The lowest BCUT2D eigenvalue weighted by Gasteiger charge is -2.30. The van der Waals surface area contributed by atoms with Crippen molar-refractivity contribution in [3.8, 4) is 0 Å². The van der Waals surface area contributed by atoms with Crippen molar-refractivity contribution in [2.24, 2.45) is 5.92 Å². The van der Waals surface area contributed by atoms with E-state index in [0.29, 0.717) is 48.1 Å². The van der Waals surface area contributed by atoms with Crippen LogP contribution in [-0.2, 0) is 27.0 Å². The van der Waals surface area contributed by atoms with Gasteiger partial charge in [0, 0.05) is 35.6 Å². The van der Waals surface area contributed by atoms with Gasteiger partial charge >= 0.3 is 0 Å². The number of aryl methyl sites for hydroxylation is 1. The van der Waals surface area contributed by atoms with Crippen LogP contribution < -0.4 is 5.32 Å². The summed E-state index contributed by atoms with van der Waals surface area (Å²) in [5.41, 5.74) is 1.90. The summed E-state index contributed by atoms with van der Waals surface area (Å²) < 4.78 is 26.8. The molecule has 5 nitrogen and oxygen atoms in total. The zero-order valence-corrected chi connectivity index (χ0v) is 19.0. The second-order valence-electron chi connectivity index (χ2n) is 7.58. The first kappa shape index (κ1) is 23.1. The molecule has 0 radical (unpaired) electrons. The van der Waals surface area contributed by atoms with E-state index in [4.69, 9.17) is 23.2 Å². The smallest absolute Gasteiger partial charge is 0.223 e. The Morgan fingerprint density at radius 3 is 2.03 bits per heavy atom. The number of carbonyl (C=O) groups excluding carboxylic acids is 1. The number of carbonyl (C=O) groups is 1. The van der Waals surface area contributed by atoms with E-state index in [9.17, 15) is 13.2 Å². The quantitative estimate of drug-likeness (QED) is 0.587. The van der Waals surface area contributed by atoms with Gasteiger partial charge in [-0.2, -0.15) is 0 Å². The van der Waals surface area contributed by atoms with Gasteiger partial charge in [0.1, 0.15) is 0 Å². The van der Waals surface area contributed by atoms with Crippen LogP contribution in [0.15, 0.2) is 48.5 Å². The monoisotopic (exact) mass is 468 g/mol. The van der Waals surface area contributed by atoms with Crippen LogP contribution in [0, 0.1) is 5.92 Å². The van der Waals surface area contributed by atoms with Crippen molar-refractivity contribution in [3.63, 3.8) is 0 Å². The van der Waals surface area contributed by atoms with E-state index in [-0.39, 0.29) is 17.6 Å². The number of nitrogens with zero attached hydrogens (tertiary/aromatic N) is 1. The van der Waals surface area contributed by atoms with E-state index in [1.54, 1.807) is 24.3 Å². The lowest BCUT2D eigenvalue weighted by Crippen LogP contribution is -2.43. The Bertz CT molecular complexity index is 939. The van der Waals surface area contributed by atoms with E-state index in [1.165, 1.54) is 9.87 Å². The predicted molar refractivity (Wildman–Crippen MR) is 121 cm³/mol. The summed E-state index contributed by atoms with van der Waals surface area (Å²) in [7, 11) is -3.40. The Balaban J connectivity index is 1.40. The van der Waals surface area contributed by atoms with Gasteiger partial charge in [0.2, 0.25) is 15.9 Å². The summed E-state index contributed by atoms with van der Waals surface area (Å²) in [5, 5.41) is 4.28. The SMILES string of the molecule is O=C(NCCCc1ccc(Cl)cc1)C1CCN(S(=O)(=O)Cc2ccc(Cl)cc2)CC1. The molecule has 0 saturated carbocycles. The standard InChI is InChI=1S/C22H26Cl2N2O3S/c23-20-7-3-17(4-8-20)2-1-13-25-22(27)19-11-14-26(15-12-19)30(28,29)16-18-5-9-21(24)10-6-18/h3-10,19H,1-2,11-16H2,(H,25,27). The average Bonchev–Trinajstić information content (AvgIpc) is 2.74. The van der Waals surface area contributed by atoms with Crippen molar-refractivity contribution >= 4 is 39.1 Å². The maximum atomic E-state index is 12.7. The molecule has 1 N–H and O–H groups in total. The van der Waals surface area contributed by atoms with E-state index in [2.05, 4.69) is 5.32 Å². The van der Waals surface area contributed by atoms with Crippen molar-refractivity contribution in [2.75, 3.05) is 19.6 Å². The van der Waals surface area contributed by atoms with Gasteiger partial charge in [-0.15, -0.1) is 0 Å². The Kier molecular flexibility index (Phi) is 8.17. The molecule has 3 rings (SSSR count). The molecule has 1 amide bonds. The fraction of sp³-hybridized carbons (Fsp3) is 0.409. The number of piperidine rings is 1. The van der Waals surface area contributed by atoms with E-state index in [0.717, 1.165) is 12.8 Å². The molecule has 30 heavy (non-hydrogen) atoms. The molecular weight excluding hydrogens is 443 g/mol. The first-order chi connectivity index (χ1) is 14.3. The van der Waals surface area contributed by atoms with Crippen LogP contribution in [-0.4, -0.2) is 38.3 Å². The Labute approximate surface area is 188 Å².